The monoisotopic (exact) mass is 395 g/mol. The minimum Gasteiger partial charge on any atom is -0.495 e. The van der Waals surface area contributed by atoms with Gasteiger partial charge in [-0.15, -0.1) is 0 Å². The molecule has 0 unspecified atom stereocenters. The Bertz CT molecular complexity index is 759. The minimum absolute atomic E-state index is 0.0126. The summed E-state index contributed by atoms with van der Waals surface area (Å²) in [4.78, 5) is -0.113. The molecule has 0 amide bonds. The number of methoxy groups -OCH3 is 1. The Kier molecular flexibility index (Phi) is 4.82. The first kappa shape index (κ1) is 16.2. The van der Waals surface area contributed by atoms with Crippen molar-refractivity contribution in [1.29, 1.82) is 0 Å². The van der Waals surface area contributed by atoms with Gasteiger partial charge < -0.3 is 14.3 Å². The first-order valence-electron chi connectivity index (χ1n) is 5.63. The van der Waals surface area contributed by atoms with Crippen LogP contribution in [0.2, 0.25) is 5.02 Å². The maximum Gasteiger partial charge on any atom is 0.266 e. The Hall–Kier alpha value is -1.22. The maximum atomic E-state index is 12.3. The smallest absolute Gasteiger partial charge is 0.266 e. The number of benzene rings is 1. The molecular formula is C12H11BrClNO5S. The van der Waals surface area contributed by atoms with Crippen molar-refractivity contribution >= 4 is 43.2 Å². The molecule has 2 rings (SSSR count). The maximum absolute atomic E-state index is 12.3. The molecule has 0 aliphatic carbocycles. The van der Waals surface area contributed by atoms with Crippen molar-refractivity contribution in [3.63, 3.8) is 0 Å². The van der Waals surface area contributed by atoms with E-state index in [1.54, 1.807) is 6.07 Å². The third kappa shape index (κ3) is 3.52. The van der Waals surface area contributed by atoms with Gasteiger partial charge in [-0.1, -0.05) is 11.6 Å². The Labute approximate surface area is 134 Å². The molecule has 2 aromatic rings. The Morgan fingerprint density at radius 2 is 2.14 bits per heavy atom. The van der Waals surface area contributed by atoms with Gasteiger partial charge in [-0.3, -0.25) is 4.72 Å². The number of hydrogen-bond donors (Lipinski definition) is 2. The predicted octanol–water partition coefficient (Wildman–Crippen LogP) is 3.00. The number of furan rings is 1. The highest BCUT2D eigenvalue weighted by molar-refractivity contribution is 9.10. The summed E-state index contributed by atoms with van der Waals surface area (Å²) in [6.45, 7) is -0.400. The molecule has 2 N–H and O–H groups in total. The third-order valence-corrected chi connectivity index (χ3v) is 5.09. The fraction of sp³-hybridized carbons (Fsp3) is 0.167. The van der Waals surface area contributed by atoms with Gasteiger partial charge in [-0.05, 0) is 34.1 Å². The van der Waals surface area contributed by atoms with Gasteiger partial charge in [0.05, 0.1) is 17.8 Å². The van der Waals surface area contributed by atoms with Gasteiger partial charge in [0.1, 0.15) is 23.0 Å². The van der Waals surface area contributed by atoms with Crippen molar-refractivity contribution in [3.05, 3.63) is 39.7 Å². The van der Waals surface area contributed by atoms with Crippen LogP contribution in [0.25, 0.3) is 0 Å². The van der Waals surface area contributed by atoms with Gasteiger partial charge in [0.25, 0.3) is 10.0 Å². The second kappa shape index (κ2) is 6.27. The van der Waals surface area contributed by atoms with E-state index >= 15 is 0 Å². The average Bonchev–Trinajstić information content (AvgIpc) is 2.81. The Morgan fingerprint density at radius 1 is 1.43 bits per heavy atom. The van der Waals surface area contributed by atoms with Gasteiger partial charge in [0.2, 0.25) is 0 Å². The lowest BCUT2D eigenvalue weighted by molar-refractivity contribution is 0.245. The van der Waals surface area contributed by atoms with Crippen molar-refractivity contribution in [2.45, 2.75) is 11.5 Å². The molecule has 0 spiro atoms. The number of halogens is 2. The van der Waals surface area contributed by atoms with Crippen molar-refractivity contribution in [3.8, 4) is 5.75 Å². The zero-order valence-corrected chi connectivity index (χ0v) is 13.9. The van der Waals surface area contributed by atoms with Crippen LogP contribution in [0, 0.1) is 0 Å². The van der Waals surface area contributed by atoms with E-state index in [0.717, 1.165) is 0 Å². The molecule has 0 bridgehead atoms. The van der Waals surface area contributed by atoms with Gasteiger partial charge >= 0.3 is 0 Å². The molecule has 0 atom stereocenters. The van der Waals surface area contributed by atoms with Crippen LogP contribution in [-0.4, -0.2) is 20.6 Å². The molecule has 0 fully saturated rings. The molecule has 0 saturated heterocycles. The minimum atomic E-state index is -3.87. The Morgan fingerprint density at radius 3 is 2.67 bits per heavy atom. The molecule has 21 heavy (non-hydrogen) atoms. The van der Waals surface area contributed by atoms with E-state index in [2.05, 4.69) is 20.7 Å². The number of rotatable bonds is 5. The summed E-state index contributed by atoms with van der Waals surface area (Å²) in [5.41, 5.74) is 0.277. The fourth-order valence-corrected chi connectivity index (χ4v) is 3.91. The summed E-state index contributed by atoms with van der Waals surface area (Å²) in [6.07, 6.45) is 0. The van der Waals surface area contributed by atoms with Crippen LogP contribution in [0.1, 0.15) is 5.76 Å². The molecule has 0 aliphatic heterocycles. The summed E-state index contributed by atoms with van der Waals surface area (Å²) in [5.74, 6) is 0.571. The van der Waals surface area contributed by atoms with Gasteiger partial charge in [0, 0.05) is 6.07 Å². The molecule has 1 aromatic heterocycles. The first-order valence-corrected chi connectivity index (χ1v) is 8.28. The number of aliphatic hydroxyl groups is 1. The summed E-state index contributed by atoms with van der Waals surface area (Å²) < 4.78 is 36.9. The predicted molar refractivity (Wildman–Crippen MR) is 81.1 cm³/mol. The molecule has 1 aromatic carbocycles. The summed E-state index contributed by atoms with van der Waals surface area (Å²) in [6, 6.07) is 5.73. The van der Waals surface area contributed by atoms with E-state index in [1.165, 1.54) is 25.3 Å². The number of anilines is 1. The fourth-order valence-electron chi connectivity index (χ4n) is 1.60. The largest absolute Gasteiger partial charge is 0.495 e. The molecule has 1 heterocycles. The first-order chi connectivity index (χ1) is 9.87. The molecule has 0 aliphatic rings. The van der Waals surface area contributed by atoms with Crippen LogP contribution in [0.5, 0.6) is 5.75 Å². The topological polar surface area (TPSA) is 88.8 Å². The molecule has 9 heteroatoms. The van der Waals surface area contributed by atoms with Crippen LogP contribution >= 0.6 is 27.5 Å². The van der Waals surface area contributed by atoms with E-state index in [0.29, 0.717) is 5.75 Å². The van der Waals surface area contributed by atoms with Crippen molar-refractivity contribution in [1.82, 2.24) is 0 Å². The quantitative estimate of drug-likeness (QED) is 0.811. The summed E-state index contributed by atoms with van der Waals surface area (Å²) in [5, 5.41) is 9.24. The lowest BCUT2D eigenvalue weighted by Gasteiger charge is -2.09. The van der Waals surface area contributed by atoms with E-state index in [4.69, 9.17) is 25.9 Å². The van der Waals surface area contributed by atoms with E-state index in [1.807, 2.05) is 0 Å². The van der Waals surface area contributed by atoms with Gasteiger partial charge in [-0.2, -0.15) is 0 Å². The number of aliphatic hydroxyl groups excluding tert-OH is 1. The van der Waals surface area contributed by atoms with Crippen LogP contribution in [0.4, 0.5) is 5.69 Å². The van der Waals surface area contributed by atoms with Crippen LogP contribution < -0.4 is 9.46 Å². The van der Waals surface area contributed by atoms with Crippen molar-refractivity contribution < 1.29 is 22.7 Å². The molecular weight excluding hydrogens is 386 g/mol. The lowest BCUT2D eigenvalue weighted by atomic mass is 10.3. The highest BCUT2D eigenvalue weighted by Gasteiger charge is 2.22. The highest BCUT2D eigenvalue weighted by Crippen LogP contribution is 2.31. The standard InChI is InChI=1S/C12H11BrClNO5S/c1-19-10-3-2-7(4-9(10)14)15-21(17,18)11-5-8(6-16)20-12(11)13/h2-5,15-16H,6H2,1H3. The second-order valence-corrected chi connectivity index (χ2v) is 6.74. The number of sulfonamides is 1. The van der Waals surface area contributed by atoms with E-state index in [9.17, 15) is 8.42 Å². The summed E-state index contributed by atoms with van der Waals surface area (Å²) >= 11 is 8.94. The second-order valence-electron chi connectivity index (χ2n) is 3.96. The zero-order valence-electron chi connectivity index (χ0n) is 10.8. The molecule has 114 valence electrons. The molecule has 6 nitrogen and oxygen atoms in total. The number of nitrogens with one attached hydrogen (secondary N) is 1. The molecule has 0 radical (unpaired) electrons. The third-order valence-electron chi connectivity index (χ3n) is 2.56. The SMILES string of the molecule is COc1ccc(NS(=O)(=O)c2cc(CO)oc2Br)cc1Cl. The van der Waals surface area contributed by atoms with E-state index in [-0.39, 0.29) is 26.0 Å². The van der Waals surface area contributed by atoms with Crippen LogP contribution in [0.15, 0.2) is 38.2 Å². The van der Waals surface area contributed by atoms with Gasteiger partial charge in [0.15, 0.2) is 4.67 Å². The lowest BCUT2D eigenvalue weighted by Crippen LogP contribution is -2.12. The highest BCUT2D eigenvalue weighted by atomic mass is 79.9. The molecule has 0 saturated carbocycles. The van der Waals surface area contributed by atoms with Crippen molar-refractivity contribution in [2.24, 2.45) is 0 Å². The summed E-state index contributed by atoms with van der Waals surface area (Å²) in [7, 11) is -2.41. The van der Waals surface area contributed by atoms with E-state index < -0.39 is 16.6 Å². The van der Waals surface area contributed by atoms with Crippen LogP contribution in [-0.2, 0) is 16.6 Å². The number of hydrogen-bond acceptors (Lipinski definition) is 5. The number of ether oxygens (including phenoxy) is 1. The average molecular weight is 397 g/mol. The van der Waals surface area contributed by atoms with Crippen molar-refractivity contribution in [2.75, 3.05) is 11.8 Å². The normalized spacial score (nSPS) is 11.4. The van der Waals surface area contributed by atoms with Gasteiger partial charge in [-0.25, -0.2) is 8.42 Å². The Balaban J connectivity index is 2.32. The van der Waals surface area contributed by atoms with Crippen LogP contribution in [0.3, 0.4) is 0 Å². The zero-order chi connectivity index (χ0) is 15.6.